The molecule has 0 unspecified atom stereocenters. The van der Waals surface area contributed by atoms with Gasteiger partial charge in [-0.3, -0.25) is 4.79 Å². The van der Waals surface area contributed by atoms with Gasteiger partial charge in [-0.25, -0.2) is 4.99 Å². The molecule has 0 amide bonds. The van der Waals surface area contributed by atoms with E-state index < -0.39 is 0 Å². The number of rotatable bonds is 5. The molecule has 2 heterocycles. The van der Waals surface area contributed by atoms with E-state index in [1.807, 2.05) is 0 Å². The molecule has 28 heavy (non-hydrogen) atoms. The van der Waals surface area contributed by atoms with Crippen LogP contribution in [0, 0.1) is 0 Å². The van der Waals surface area contributed by atoms with Gasteiger partial charge in [-0.15, -0.1) is 0 Å². The molecule has 3 aromatic rings. The number of aromatic nitrogens is 1. The van der Waals surface area contributed by atoms with E-state index in [2.05, 4.69) is 9.98 Å². The van der Waals surface area contributed by atoms with Crippen molar-refractivity contribution in [2.75, 3.05) is 28.4 Å². The number of nitrogens with zero attached hydrogens (tertiary/aromatic N) is 1. The third-order valence-electron chi connectivity index (χ3n) is 4.71. The molecular formula is C20H18N2O6. The standard InChI is InChI=1S/C20H18N2O6/c1-25-13-5-9-11(7-15(13)27-3)21-17(19(9)23)18-20(24)10-6-14(26-2)16(28-4)8-12(10)22-18/h5-8,21,23H,1-4H3. The SMILES string of the molecule is COc1cc2c(cc1OC)C(=O)C(c1[nH]c3cc(OC)c(OC)cc3c1O)=N2. The van der Waals surface area contributed by atoms with Crippen LogP contribution in [0.3, 0.4) is 0 Å². The Labute approximate surface area is 160 Å². The quantitative estimate of drug-likeness (QED) is 0.702. The van der Waals surface area contributed by atoms with Gasteiger partial charge < -0.3 is 29.0 Å². The lowest BCUT2D eigenvalue weighted by Crippen LogP contribution is -2.11. The van der Waals surface area contributed by atoms with Gasteiger partial charge in [0.2, 0.25) is 5.78 Å². The Bertz CT molecular complexity index is 1150. The Balaban J connectivity index is 1.86. The molecule has 1 aliphatic rings. The molecule has 2 aromatic carbocycles. The Morgan fingerprint density at radius 1 is 0.857 bits per heavy atom. The number of methoxy groups -OCH3 is 4. The minimum absolute atomic E-state index is 0.0882. The number of aliphatic imine (C=N–C) groups is 1. The maximum Gasteiger partial charge on any atom is 0.215 e. The second-order valence-electron chi connectivity index (χ2n) is 6.12. The minimum atomic E-state index is -0.322. The molecule has 0 aliphatic carbocycles. The van der Waals surface area contributed by atoms with Crippen molar-refractivity contribution in [2.24, 2.45) is 4.99 Å². The van der Waals surface area contributed by atoms with Crippen LogP contribution in [-0.2, 0) is 0 Å². The van der Waals surface area contributed by atoms with Gasteiger partial charge in [0.1, 0.15) is 11.4 Å². The molecule has 0 spiro atoms. The second kappa shape index (κ2) is 6.49. The Morgan fingerprint density at radius 3 is 2.07 bits per heavy atom. The lowest BCUT2D eigenvalue weighted by molar-refractivity contribution is 0.106. The van der Waals surface area contributed by atoms with E-state index in [9.17, 15) is 9.90 Å². The average Bonchev–Trinajstić information content (AvgIpc) is 3.21. The van der Waals surface area contributed by atoms with E-state index in [1.165, 1.54) is 28.4 Å². The van der Waals surface area contributed by atoms with Crippen molar-refractivity contribution in [3.05, 3.63) is 35.5 Å². The Hall–Kier alpha value is -3.68. The summed E-state index contributed by atoms with van der Waals surface area (Å²) in [5.74, 6) is 1.45. The molecule has 0 radical (unpaired) electrons. The van der Waals surface area contributed by atoms with E-state index in [1.54, 1.807) is 24.3 Å². The largest absolute Gasteiger partial charge is 0.505 e. The summed E-state index contributed by atoms with van der Waals surface area (Å²) in [6.07, 6.45) is 0. The number of carbonyl (C=O) groups is 1. The summed E-state index contributed by atoms with van der Waals surface area (Å²) in [6.45, 7) is 0. The first kappa shape index (κ1) is 17.7. The number of ketones is 1. The van der Waals surface area contributed by atoms with Crippen LogP contribution in [0.15, 0.2) is 29.3 Å². The summed E-state index contributed by atoms with van der Waals surface area (Å²) in [4.78, 5) is 20.4. The van der Waals surface area contributed by atoms with Crippen LogP contribution in [-0.4, -0.2) is 50.0 Å². The van der Waals surface area contributed by atoms with Crippen molar-refractivity contribution < 1.29 is 28.8 Å². The molecule has 8 heteroatoms. The Morgan fingerprint density at radius 2 is 1.43 bits per heavy atom. The van der Waals surface area contributed by atoms with E-state index in [-0.39, 0.29) is 22.9 Å². The van der Waals surface area contributed by atoms with E-state index in [0.717, 1.165) is 0 Å². The summed E-state index contributed by atoms with van der Waals surface area (Å²) >= 11 is 0. The molecule has 0 bridgehead atoms. The normalized spacial score (nSPS) is 12.7. The maximum atomic E-state index is 12.9. The van der Waals surface area contributed by atoms with Gasteiger partial charge in [0.05, 0.1) is 45.2 Å². The van der Waals surface area contributed by atoms with Gasteiger partial charge in [-0.1, -0.05) is 0 Å². The van der Waals surface area contributed by atoms with E-state index in [4.69, 9.17) is 18.9 Å². The van der Waals surface area contributed by atoms with Gasteiger partial charge >= 0.3 is 0 Å². The number of benzene rings is 2. The zero-order valence-electron chi connectivity index (χ0n) is 15.7. The maximum absolute atomic E-state index is 12.9. The highest BCUT2D eigenvalue weighted by Gasteiger charge is 2.31. The number of aromatic amines is 1. The number of hydrogen-bond donors (Lipinski definition) is 2. The highest BCUT2D eigenvalue weighted by Crippen LogP contribution is 2.42. The number of Topliss-reactive ketones (excluding diaryl/α,β-unsaturated/α-hetero) is 1. The number of hydrogen-bond acceptors (Lipinski definition) is 7. The molecule has 0 saturated carbocycles. The van der Waals surface area contributed by atoms with Gasteiger partial charge in [0, 0.05) is 17.5 Å². The molecule has 8 nitrogen and oxygen atoms in total. The number of fused-ring (bicyclic) bond motifs is 2. The van der Waals surface area contributed by atoms with Crippen molar-refractivity contribution >= 4 is 28.1 Å². The molecule has 144 valence electrons. The summed E-state index contributed by atoms with van der Waals surface area (Å²) in [7, 11) is 6.04. The van der Waals surface area contributed by atoms with Gasteiger partial charge in [-0.2, -0.15) is 0 Å². The smallest absolute Gasteiger partial charge is 0.215 e. The van der Waals surface area contributed by atoms with Crippen LogP contribution in [0.4, 0.5) is 5.69 Å². The molecule has 1 aliphatic heterocycles. The monoisotopic (exact) mass is 382 g/mol. The summed E-state index contributed by atoms with van der Waals surface area (Å²) in [6, 6.07) is 6.54. The molecule has 0 fully saturated rings. The van der Waals surface area contributed by atoms with Gasteiger partial charge in [0.25, 0.3) is 0 Å². The third-order valence-corrected chi connectivity index (χ3v) is 4.71. The highest BCUT2D eigenvalue weighted by atomic mass is 16.5. The van der Waals surface area contributed by atoms with E-state index >= 15 is 0 Å². The van der Waals surface area contributed by atoms with Crippen molar-refractivity contribution in [3.63, 3.8) is 0 Å². The van der Waals surface area contributed by atoms with Gasteiger partial charge in [-0.05, 0) is 12.1 Å². The fraction of sp³-hybridized carbons (Fsp3) is 0.200. The van der Waals surface area contributed by atoms with Gasteiger partial charge in [0.15, 0.2) is 28.7 Å². The van der Waals surface area contributed by atoms with Crippen LogP contribution in [0.25, 0.3) is 10.9 Å². The second-order valence-corrected chi connectivity index (χ2v) is 6.12. The van der Waals surface area contributed by atoms with E-state index in [0.29, 0.717) is 45.2 Å². The lowest BCUT2D eigenvalue weighted by Gasteiger charge is -2.08. The predicted octanol–water partition coefficient (Wildman–Crippen LogP) is 3.23. The Kier molecular flexibility index (Phi) is 4.11. The van der Waals surface area contributed by atoms with Crippen molar-refractivity contribution in [3.8, 4) is 28.7 Å². The molecule has 4 rings (SSSR count). The average molecular weight is 382 g/mol. The minimum Gasteiger partial charge on any atom is -0.505 e. The highest BCUT2D eigenvalue weighted by molar-refractivity contribution is 6.55. The fourth-order valence-corrected chi connectivity index (χ4v) is 3.29. The number of aromatic hydroxyl groups is 1. The summed E-state index contributed by atoms with van der Waals surface area (Å²) in [5.41, 5.74) is 1.75. The van der Waals surface area contributed by atoms with Crippen molar-refractivity contribution in [2.45, 2.75) is 0 Å². The molecular weight excluding hydrogens is 364 g/mol. The molecule has 0 saturated heterocycles. The zero-order chi connectivity index (χ0) is 20.0. The lowest BCUT2D eigenvalue weighted by atomic mass is 10.1. The predicted molar refractivity (Wildman–Crippen MR) is 103 cm³/mol. The molecule has 0 atom stereocenters. The number of ether oxygens (including phenoxy) is 4. The summed E-state index contributed by atoms with van der Waals surface area (Å²) in [5, 5.41) is 11.2. The van der Waals surface area contributed by atoms with Crippen LogP contribution in [0.5, 0.6) is 28.7 Å². The third kappa shape index (κ3) is 2.45. The number of H-pyrrole nitrogens is 1. The summed E-state index contributed by atoms with van der Waals surface area (Å²) < 4.78 is 21.1. The molecule has 1 aromatic heterocycles. The zero-order valence-corrected chi connectivity index (χ0v) is 15.7. The van der Waals surface area contributed by atoms with Crippen LogP contribution in [0.1, 0.15) is 16.1 Å². The fourth-order valence-electron chi connectivity index (χ4n) is 3.29. The first-order chi connectivity index (χ1) is 13.5. The van der Waals surface area contributed by atoms with Crippen LogP contribution < -0.4 is 18.9 Å². The number of carbonyl (C=O) groups excluding carboxylic acids is 1. The van der Waals surface area contributed by atoms with Crippen molar-refractivity contribution in [1.29, 1.82) is 0 Å². The first-order valence-corrected chi connectivity index (χ1v) is 8.38. The topological polar surface area (TPSA) is 102 Å². The number of nitrogens with one attached hydrogen (secondary N) is 1. The van der Waals surface area contributed by atoms with Crippen LogP contribution >= 0.6 is 0 Å². The molecule has 2 N–H and O–H groups in total. The van der Waals surface area contributed by atoms with Crippen LogP contribution in [0.2, 0.25) is 0 Å². The first-order valence-electron chi connectivity index (χ1n) is 8.38. The van der Waals surface area contributed by atoms with Crippen molar-refractivity contribution in [1.82, 2.24) is 4.98 Å².